The predicted molar refractivity (Wildman–Crippen MR) is 134 cm³/mol. The Morgan fingerprint density at radius 3 is 2.55 bits per heavy atom. The fourth-order valence-corrected chi connectivity index (χ4v) is 4.24. The number of rotatable bonds is 6. The first-order chi connectivity index (χ1) is 15.9. The lowest BCUT2D eigenvalue weighted by Crippen LogP contribution is -2.24. The first-order valence-electron chi connectivity index (χ1n) is 9.96. The van der Waals surface area contributed by atoms with E-state index in [4.69, 9.17) is 0 Å². The summed E-state index contributed by atoms with van der Waals surface area (Å²) < 4.78 is 2.39. The molecule has 0 aliphatic carbocycles. The number of hydrazone groups is 1. The molecule has 0 aliphatic heterocycles. The van der Waals surface area contributed by atoms with E-state index in [-0.39, 0.29) is 23.0 Å². The summed E-state index contributed by atoms with van der Waals surface area (Å²) in [5.74, 6) is -0.278. The van der Waals surface area contributed by atoms with Gasteiger partial charge in [0.25, 0.3) is 11.5 Å². The second-order valence-corrected chi connectivity index (χ2v) is 8.92. The number of aromatic hydroxyl groups is 1. The van der Waals surface area contributed by atoms with Crippen molar-refractivity contribution in [2.24, 2.45) is 5.10 Å². The average molecular weight is 523 g/mol. The predicted octanol–water partition coefficient (Wildman–Crippen LogP) is 4.49. The first kappa shape index (κ1) is 22.8. The minimum Gasteiger partial charge on any atom is -0.507 e. The Balaban J connectivity index is 1.59. The number of phenolic OH excluding ortho intramolecular Hbond substituents is 1. The molecule has 0 fully saturated rings. The molecule has 0 unspecified atom stereocenters. The summed E-state index contributed by atoms with van der Waals surface area (Å²) in [5.41, 5.74) is 4.50. The summed E-state index contributed by atoms with van der Waals surface area (Å²) in [6.07, 6.45) is 0. The molecule has 0 atom stereocenters. The van der Waals surface area contributed by atoms with Crippen LogP contribution in [-0.2, 0) is 4.79 Å². The SMILES string of the molecule is C/C(=N/NC(=O)CSc1nc2ccccc2c(=O)n1-c1ccc(Br)cc1)c1ccccc1O. The van der Waals surface area contributed by atoms with Gasteiger partial charge in [-0.15, -0.1) is 0 Å². The maximum Gasteiger partial charge on any atom is 0.266 e. The average Bonchev–Trinajstić information content (AvgIpc) is 2.82. The molecule has 0 aliphatic rings. The van der Waals surface area contributed by atoms with Crippen LogP contribution in [0.4, 0.5) is 0 Å². The highest BCUT2D eigenvalue weighted by atomic mass is 79.9. The minimum absolute atomic E-state index is 0.00113. The molecular weight excluding hydrogens is 504 g/mol. The third-order valence-corrected chi connectivity index (χ3v) is 6.27. The summed E-state index contributed by atoms with van der Waals surface area (Å²) in [6.45, 7) is 1.69. The van der Waals surface area contributed by atoms with Crippen molar-refractivity contribution in [1.29, 1.82) is 0 Å². The van der Waals surface area contributed by atoms with E-state index in [1.165, 1.54) is 4.57 Å². The zero-order valence-electron chi connectivity index (χ0n) is 17.5. The number of hydrogen-bond donors (Lipinski definition) is 2. The van der Waals surface area contributed by atoms with Crippen molar-refractivity contribution in [2.75, 3.05) is 5.75 Å². The van der Waals surface area contributed by atoms with Crippen LogP contribution in [0.25, 0.3) is 16.6 Å². The molecule has 7 nitrogen and oxygen atoms in total. The zero-order valence-corrected chi connectivity index (χ0v) is 19.9. The molecule has 9 heteroatoms. The highest BCUT2D eigenvalue weighted by Gasteiger charge is 2.15. The Morgan fingerprint density at radius 1 is 1.09 bits per heavy atom. The van der Waals surface area contributed by atoms with E-state index in [1.807, 2.05) is 30.3 Å². The molecule has 166 valence electrons. The van der Waals surface area contributed by atoms with Crippen molar-refractivity contribution < 1.29 is 9.90 Å². The van der Waals surface area contributed by atoms with Gasteiger partial charge in [-0.25, -0.2) is 10.4 Å². The van der Waals surface area contributed by atoms with Gasteiger partial charge in [-0.2, -0.15) is 5.10 Å². The zero-order chi connectivity index (χ0) is 23.4. The van der Waals surface area contributed by atoms with Gasteiger partial charge in [0.2, 0.25) is 0 Å². The van der Waals surface area contributed by atoms with Gasteiger partial charge in [0.1, 0.15) is 5.75 Å². The Bertz CT molecular complexity index is 1420. The highest BCUT2D eigenvalue weighted by molar-refractivity contribution is 9.10. The van der Waals surface area contributed by atoms with Gasteiger partial charge in [-0.1, -0.05) is 52.0 Å². The number of nitrogens with one attached hydrogen (secondary N) is 1. The maximum atomic E-state index is 13.2. The summed E-state index contributed by atoms with van der Waals surface area (Å²) >= 11 is 4.55. The third kappa shape index (κ3) is 5.15. The smallest absolute Gasteiger partial charge is 0.266 e. The van der Waals surface area contributed by atoms with Crippen molar-refractivity contribution in [3.8, 4) is 11.4 Å². The molecule has 1 heterocycles. The van der Waals surface area contributed by atoms with Crippen LogP contribution in [0.15, 0.2) is 92.3 Å². The van der Waals surface area contributed by atoms with Crippen molar-refractivity contribution in [1.82, 2.24) is 15.0 Å². The number of carbonyl (C=O) groups is 1. The van der Waals surface area contributed by atoms with Crippen LogP contribution in [0.5, 0.6) is 5.75 Å². The van der Waals surface area contributed by atoms with E-state index >= 15 is 0 Å². The number of thioether (sulfide) groups is 1. The van der Waals surface area contributed by atoms with Gasteiger partial charge in [0.15, 0.2) is 5.16 Å². The summed E-state index contributed by atoms with van der Waals surface area (Å²) in [7, 11) is 0. The number of nitrogens with zero attached hydrogens (tertiary/aromatic N) is 3. The van der Waals surface area contributed by atoms with E-state index in [0.29, 0.717) is 33.0 Å². The van der Waals surface area contributed by atoms with Crippen LogP contribution < -0.4 is 11.0 Å². The monoisotopic (exact) mass is 522 g/mol. The lowest BCUT2D eigenvalue weighted by atomic mass is 10.1. The second kappa shape index (κ2) is 10.0. The van der Waals surface area contributed by atoms with Gasteiger partial charge in [0.05, 0.1) is 28.1 Å². The quantitative estimate of drug-likeness (QED) is 0.168. The number of benzene rings is 3. The molecule has 3 aromatic carbocycles. The van der Waals surface area contributed by atoms with Crippen molar-refractivity contribution in [3.05, 3.63) is 93.2 Å². The Kier molecular flexibility index (Phi) is 6.90. The van der Waals surface area contributed by atoms with Crippen LogP contribution in [0, 0.1) is 0 Å². The van der Waals surface area contributed by atoms with E-state index < -0.39 is 0 Å². The maximum absolute atomic E-state index is 13.2. The Morgan fingerprint density at radius 2 is 1.79 bits per heavy atom. The molecule has 33 heavy (non-hydrogen) atoms. The number of hydrogen-bond acceptors (Lipinski definition) is 6. The molecule has 0 bridgehead atoms. The molecular formula is C24H19BrN4O3S. The largest absolute Gasteiger partial charge is 0.507 e. The molecule has 0 saturated carbocycles. The number of fused-ring (bicyclic) bond motifs is 1. The minimum atomic E-state index is -0.362. The van der Waals surface area contributed by atoms with E-state index in [1.54, 1.807) is 49.4 Å². The molecule has 1 amide bonds. The van der Waals surface area contributed by atoms with E-state index in [2.05, 4.69) is 31.4 Å². The van der Waals surface area contributed by atoms with Gasteiger partial charge in [-0.3, -0.25) is 14.2 Å². The molecule has 0 spiro atoms. The van der Waals surface area contributed by atoms with Crippen molar-refractivity contribution >= 4 is 50.2 Å². The Labute approximate surface area is 202 Å². The molecule has 4 aromatic rings. The summed E-state index contributed by atoms with van der Waals surface area (Å²) in [6, 6.07) is 21.2. The van der Waals surface area contributed by atoms with Crippen LogP contribution in [0.1, 0.15) is 12.5 Å². The van der Waals surface area contributed by atoms with Crippen molar-refractivity contribution in [2.45, 2.75) is 12.1 Å². The fourth-order valence-electron chi connectivity index (χ4n) is 3.18. The first-order valence-corrected chi connectivity index (χ1v) is 11.7. The molecule has 2 N–H and O–H groups in total. The van der Waals surface area contributed by atoms with E-state index in [0.717, 1.165) is 16.2 Å². The number of aromatic nitrogens is 2. The fraction of sp³-hybridized carbons (Fsp3) is 0.0833. The van der Waals surface area contributed by atoms with Crippen LogP contribution >= 0.6 is 27.7 Å². The van der Waals surface area contributed by atoms with Crippen LogP contribution in [0.2, 0.25) is 0 Å². The number of halogens is 1. The molecule has 1 aromatic heterocycles. The highest BCUT2D eigenvalue weighted by Crippen LogP contribution is 2.22. The van der Waals surface area contributed by atoms with Gasteiger partial charge >= 0.3 is 0 Å². The van der Waals surface area contributed by atoms with Gasteiger partial charge < -0.3 is 5.11 Å². The molecule has 0 saturated heterocycles. The number of amides is 1. The Hall–Kier alpha value is -3.43. The second-order valence-electron chi connectivity index (χ2n) is 7.07. The van der Waals surface area contributed by atoms with Gasteiger partial charge in [0, 0.05) is 10.0 Å². The number of carbonyl (C=O) groups excluding carboxylic acids is 1. The molecule has 0 radical (unpaired) electrons. The normalized spacial score (nSPS) is 11.5. The van der Waals surface area contributed by atoms with Crippen molar-refractivity contribution in [3.63, 3.8) is 0 Å². The lowest BCUT2D eigenvalue weighted by molar-refractivity contribution is -0.118. The lowest BCUT2D eigenvalue weighted by Gasteiger charge is -2.13. The van der Waals surface area contributed by atoms with Gasteiger partial charge in [-0.05, 0) is 55.5 Å². The molecule has 4 rings (SSSR count). The third-order valence-electron chi connectivity index (χ3n) is 4.80. The topological polar surface area (TPSA) is 96.6 Å². The van der Waals surface area contributed by atoms with Crippen LogP contribution in [-0.4, -0.2) is 32.0 Å². The standard InChI is InChI=1S/C24H19BrN4O3S/c1-15(18-6-3-5-9-21(18)30)27-28-22(31)14-33-24-26-20-8-4-2-7-19(20)23(32)29(24)17-12-10-16(25)11-13-17/h2-13,30H,14H2,1H3,(H,28,31)/b27-15-. The number of phenols is 1. The number of para-hydroxylation sites is 2. The summed E-state index contributed by atoms with van der Waals surface area (Å²) in [5, 5.41) is 14.9. The van der Waals surface area contributed by atoms with E-state index in [9.17, 15) is 14.7 Å². The summed E-state index contributed by atoms with van der Waals surface area (Å²) in [4.78, 5) is 30.3. The van der Waals surface area contributed by atoms with Crippen LogP contribution in [0.3, 0.4) is 0 Å².